The molecule has 1 fully saturated rings. The third-order valence-corrected chi connectivity index (χ3v) is 4.06. The van der Waals surface area contributed by atoms with Crippen LogP contribution in [-0.2, 0) is 0 Å². The number of halogens is 3. The van der Waals surface area contributed by atoms with E-state index in [0.29, 0.717) is 16.0 Å². The molecular weight excluding hydrogens is 280 g/mol. The van der Waals surface area contributed by atoms with Crippen LogP contribution < -0.4 is 5.32 Å². The monoisotopic (exact) mass is 291 g/mol. The van der Waals surface area contributed by atoms with Crippen LogP contribution in [0.4, 0.5) is 4.39 Å². The molecule has 0 amide bonds. The standard InChI is InChI=1S/C11H12BrClFN/c1-15-11(6-2-3-6)7-4-5-8(12)9(13)10(7)14/h4-6,11,15H,2-3H2,1H3. The zero-order valence-electron chi connectivity index (χ0n) is 8.36. The van der Waals surface area contributed by atoms with Crippen LogP contribution in [0.3, 0.4) is 0 Å². The van der Waals surface area contributed by atoms with Gasteiger partial charge >= 0.3 is 0 Å². The fourth-order valence-electron chi connectivity index (χ4n) is 1.86. The van der Waals surface area contributed by atoms with Crippen molar-refractivity contribution >= 4 is 27.5 Å². The Labute approximate surface area is 102 Å². The summed E-state index contributed by atoms with van der Waals surface area (Å²) >= 11 is 9.07. The summed E-state index contributed by atoms with van der Waals surface area (Å²) in [6.45, 7) is 0. The van der Waals surface area contributed by atoms with Gasteiger partial charge in [0.1, 0.15) is 5.82 Å². The van der Waals surface area contributed by atoms with Crippen molar-refractivity contribution in [3.63, 3.8) is 0 Å². The highest BCUT2D eigenvalue weighted by molar-refractivity contribution is 9.10. The summed E-state index contributed by atoms with van der Waals surface area (Å²) in [6, 6.07) is 3.69. The Morgan fingerprint density at radius 2 is 2.20 bits per heavy atom. The first-order valence-electron chi connectivity index (χ1n) is 4.95. The first kappa shape index (κ1) is 11.4. The van der Waals surface area contributed by atoms with E-state index in [1.807, 2.05) is 7.05 Å². The molecule has 0 radical (unpaired) electrons. The Bertz CT molecular complexity index is 379. The van der Waals surface area contributed by atoms with Gasteiger partial charge in [-0.3, -0.25) is 0 Å². The van der Waals surface area contributed by atoms with Crippen LogP contribution in [0.1, 0.15) is 24.4 Å². The molecule has 1 aromatic carbocycles. The largest absolute Gasteiger partial charge is 0.313 e. The molecule has 0 aliphatic heterocycles. The minimum atomic E-state index is -0.308. The van der Waals surface area contributed by atoms with Gasteiger partial charge in [-0.2, -0.15) is 0 Å². The topological polar surface area (TPSA) is 12.0 Å². The Morgan fingerprint density at radius 1 is 1.53 bits per heavy atom. The summed E-state index contributed by atoms with van der Waals surface area (Å²) in [5.74, 6) is 0.249. The van der Waals surface area contributed by atoms with E-state index in [2.05, 4.69) is 21.2 Å². The van der Waals surface area contributed by atoms with E-state index in [4.69, 9.17) is 11.6 Å². The predicted molar refractivity (Wildman–Crippen MR) is 63.6 cm³/mol. The van der Waals surface area contributed by atoms with Gasteiger partial charge in [0.25, 0.3) is 0 Å². The highest BCUT2D eigenvalue weighted by Gasteiger charge is 2.33. The normalized spacial score (nSPS) is 17.9. The molecule has 1 aromatic rings. The van der Waals surface area contributed by atoms with Crippen molar-refractivity contribution in [3.05, 3.63) is 33.0 Å². The van der Waals surface area contributed by atoms with Crippen LogP contribution >= 0.6 is 27.5 Å². The Balaban J connectivity index is 2.38. The molecule has 1 N–H and O–H groups in total. The van der Waals surface area contributed by atoms with Crippen molar-refractivity contribution in [3.8, 4) is 0 Å². The minimum absolute atomic E-state index is 0.0931. The molecule has 15 heavy (non-hydrogen) atoms. The maximum Gasteiger partial charge on any atom is 0.147 e. The molecule has 0 aromatic heterocycles. The van der Waals surface area contributed by atoms with Crippen LogP contribution in [0, 0.1) is 11.7 Å². The zero-order valence-corrected chi connectivity index (χ0v) is 10.7. The van der Waals surface area contributed by atoms with Crippen molar-refractivity contribution in [1.82, 2.24) is 5.32 Å². The van der Waals surface area contributed by atoms with Crippen molar-refractivity contribution in [2.24, 2.45) is 5.92 Å². The Morgan fingerprint density at radius 3 is 2.73 bits per heavy atom. The van der Waals surface area contributed by atoms with Gasteiger partial charge in [0.15, 0.2) is 0 Å². The van der Waals surface area contributed by atoms with Gasteiger partial charge in [0.2, 0.25) is 0 Å². The van der Waals surface area contributed by atoms with Crippen LogP contribution in [-0.4, -0.2) is 7.05 Å². The predicted octanol–water partition coefficient (Wildman–Crippen LogP) is 3.91. The van der Waals surface area contributed by atoms with Gasteiger partial charge in [0.05, 0.1) is 5.02 Å². The van der Waals surface area contributed by atoms with Gasteiger partial charge in [-0.05, 0) is 47.8 Å². The highest BCUT2D eigenvalue weighted by atomic mass is 79.9. The van der Waals surface area contributed by atoms with Gasteiger partial charge in [-0.15, -0.1) is 0 Å². The second-order valence-corrected chi connectivity index (χ2v) is 5.10. The number of rotatable bonds is 3. The maximum absolute atomic E-state index is 13.9. The van der Waals surface area contributed by atoms with Crippen LogP contribution in [0.5, 0.6) is 0 Å². The summed E-state index contributed by atoms with van der Waals surface area (Å²) in [5, 5.41) is 3.33. The number of hydrogen-bond acceptors (Lipinski definition) is 1. The lowest BCUT2D eigenvalue weighted by Crippen LogP contribution is -2.19. The zero-order chi connectivity index (χ0) is 11.0. The molecule has 1 unspecified atom stereocenters. The van der Waals surface area contributed by atoms with Crippen molar-refractivity contribution < 1.29 is 4.39 Å². The quantitative estimate of drug-likeness (QED) is 0.833. The van der Waals surface area contributed by atoms with Gasteiger partial charge < -0.3 is 5.32 Å². The summed E-state index contributed by atoms with van der Waals surface area (Å²) < 4.78 is 14.5. The van der Waals surface area contributed by atoms with E-state index >= 15 is 0 Å². The Hall–Kier alpha value is -0.120. The average Bonchev–Trinajstić information content (AvgIpc) is 3.03. The third kappa shape index (κ3) is 2.19. The molecule has 82 valence electrons. The highest BCUT2D eigenvalue weighted by Crippen LogP contribution is 2.43. The van der Waals surface area contributed by atoms with Gasteiger partial charge in [0, 0.05) is 16.1 Å². The molecule has 1 aliphatic carbocycles. The van der Waals surface area contributed by atoms with E-state index in [1.165, 1.54) is 12.8 Å². The third-order valence-electron chi connectivity index (χ3n) is 2.80. The fourth-order valence-corrected chi connectivity index (χ4v) is 2.33. The smallest absolute Gasteiger partial charge is 0.147 e. The summed E-state index contributed by atoms with van der Waals surface area (Å²) in [4.78, 5) is 0. The Kier molecular flexibility index (Phi) is 3.33. The lowest BCUT2D eigenvalue weighted by atomic mass is 10.0. The summed E-state index contributed by atoms with van der Waals surface area (Å²) in [7, 11) is 1.86. The molecular formula is C11H12BrClFN. The molecule has 1 nitrogen and oxygen atoms in total. The van der Waals surface area contributed by atoms with E-state index in [9.17, 15) is 4.39 Å². The van der Waals surface area contributed by atoms with Crippen molar-refractivity contribution in [2.75, 3.05) is 7.05 Å². The van der Waals surface area contributed by atoms with Crippen LogP contribution in [0.15, 0.2) is 16.6 Å². The van der Waals surface area contributed by atoms with Crippen molar-refractivity contribution in [1.29, 1.82) is 0 Å². The molecule has 1 saturated carbocycles. The summed E-state index contributed by atoms with van der Waals surface area (Å²) in [5.41, 5.74) is 0.674. The molecule has 0 spiro atoms. The first-order chi connectivity index (χ1) is 7.15. The lowest BCUT2D eigenvalue weighted by molar-refractivity contribution is 0.492. The van der Waals surface area contributed by atoms with Crippen molar-refractivity contribution in [2.45, 2.75) is 18.9 Å². The molecule has 0 bridgehead atoms. The fraction of sp³-hybridized carbons (Fsp3) is 0.455. The van der Waals surface area contributed by atoms with Gasteiger partial charge in [-0.25, -0.2) is 4.39 Å². The van der Waals surface area contributed by atoms with Crippen LogP contribution in [0.2, 0.25) is 5.02 Å². The molecule has 1 atom stereocenters. The first-order valence-corrected chi connectivity index (χ1v) is 6.13. The van der Waals surface area contributed by atoms with E-state index in [-0.39, 0.29) is 16.9 Å². The SMILES string of the molecule is CNC(c1ccc(Br)c(Cl)c1F)C1CC1. The van der Waals surface area contributed by atoms with Crippen LogP contribution in [0.25, 0.3) is 0 Å². The molecule has 0 saturated heterocycles. The van der Waals surface area contributed by atoms with E-state index in [0.717, 1.165) is 0 Å². The summed E-state index contributed by atoms with van der Waals surface area (Å²) in [6.07, 6.45) is 2.33. The number of hydrogen-bond donors (Lipinski definition) is 1. The minimum Gasteiger partial charge on any atom is -0.313 e. The number of nitrogens with one attached hydrogen (secondary N) is 1. The van der Waals surface area contributed by atoms with Gasteiger partial charge in [-0.1, -0.05) is 17.7 Å². The molecule has 2 rings (SSSR count). The maximum atomic E-state index is 13.9. The molecule has 1 aliphatic rings. The second kappa shape index (κ2) is 4.40. The molecule has 4 heteroatoms. The van der Waals surface area contributed by atoms with E-state index in [1.54, 1.807) is 12.1 Å². The second-order valence-electron chi connectivity index (χ2n) is 3.87. The molecule has 0 heterocycles. The average molecular weight is 293 g/mol. The number of benzene rings is 1. The van der Waals surface area contributed by atoms with E-state index < -0.39 is 0 Å². The lowest BCUT2D eigenvalue weighted by Gasteiger charge is -2.17.